The van der Waals surface area contributed by atoms with Gasteiger partial charge in [0.2, 0.25) is 0 Å². The molecule has 0 radical (unpaired) electrons. The Morgan fingerprint density at radius 2 is 2.45 bits per heavy atom. The molecule has 0 bridgehead atoms. The molecule has 1 saturated heterocycles. The number of esters is 1. The molecule has 0 aromatic rings. The molecule has 4 heteroatoms. The summed E-state index contributed by atoms with van der Waals surface area (Å²) in [4.78, 5) is 11.2. The summed E-state index contributed by atoms with van der Waals surface area (Å²) < 4.78 is 5.02. The Morgan fingerprint density at radius 3 is 2.91 bits per heavy atom. The van der Waals surface area contributed by atoms with Gasteiger partial charge < -0.3 is 4.74 Å². The van der Waals surface area contributed by atoms with Gasteiger partial charge in [-0.25, -0.2) is 0 Å². The maximum Gasteiger partial charge on any atom is 0.324 e. The van der Waals surface area contributed by atoms with Gasteiger partial charge in [-0.1, -0.05) is 0 Å². The maximum absolute atomic E-state index is 11.2. The molecule has 64 valence electrons. The molecule has 3 nitrogen and oxygen atoms in total. The highest BCUT2D eigenvalue weighted by Gasteiger charge is 2.24. The van der Waals surface area contributed by atoms with Crippen LogP contribution in [0.2, 0.25) is 0 Å². The Morgan fingerprint density at radius 1 is 1.73 bits per heavy atom. The van der Waals surface area contributed by atoms with E-state index in [1.165, 1.54) is 0 Å². The van der Waals surface area contributed by atoms with Gasteiger partial charge in [-0.15, -0.1) is 11.8 Å². The van der Waals surface area contributed by atoms with Crippen molar-refractivity contribution in [1.29, 1.82) is 0 Å². The minimum atomic E-state index is -0.120. The molecule has 0 saturated carbocycles. The highest BCUT2D eigenvalue weighted by molar-refractivity contribution is 7.99. The lowest BCUT2D eigenvalue weighted by atomic mass is 10.3. The molecule has 1 fully saturated rings. The monoisotopic (exact) mass is 175 g/mol. The van der Waals surface area contributed by atoms with Crippen molar-refractivity contribution < 1.29 is 9.53 Å². The molecule has 1 aliphatic heterocycles. The van der Waals surface area contributed by atoms with E-state index in [9.17, 15) is 4.79 Å². The number of hydrogen-bond donors (Lipinski definition) is 1. The van der Waals surface area contributed by atoms with Crippen molar-refractivity contribution in [3.8, 4) is 0 Å². The molecule has 1 aliphatic rings. The van der Waals surface area contributed by atoms with E-state index < -0.39 is 0 Å². The Labute approximate surface area is 70.9 Å². The van der Waals surface area contributed by atoms with Crippen LogP contribution in [0.3, 0.4) is 0 Å². The molecule has 0 aliphatic carbocycles. The fraction of sp³-hybridized carbons (Fsp3) is 0.857. The Hall–Kier alpha value is -0.220. The van der Waals surface area contributed by atoms with Crippen LogP contribution < -0.4 is 5.32 Å². The third-order valence-electron chi connectivity index (χ3n) is 1.35. The second-order valence-corrected chi connectivity index (χ2v) is 3.79. The smallest absolute Gasteiger partial charge is 0.324 e. The van der Waals surface area contributed by atoms with Gasteiger partial charge in [0.15, 0.2) is 0 Å². The summed E-state index contributed by atoms with van der Waals surface area (Å²) in [5.41, 5.74) is 0. The molecule has 1 atom stereocenters. The number of carbonyl (C=O) groups excluding carboxylic acids is 1. The zero-order valence-corrected chi connectivity index (χ0v) is 7.61. The Kier molecular flexibility index (Phi) is 3.20. The highest BCUT2D eigenvalue weighted by atomic mass is 32.2. The van der Waals surface area contributed by atoms with Gasteiger partial charge in [0, 0.05) is 11.6 Å². The van der Waals surface area contributed by atoms with Gasteiger partial charge in [-0.2, -0.15) is 0 Å². The number of rotatable bonds is 2. The van der Waals surface area contributed by atoms with Crippen molar-refractivity contribution in [1.82, 2.24) is 5.32 Å². The number of nitrogens with one attached hydrogen (secondary N) is 1. The highest BCUT2D eigenvalue weighted by Crippen LogP contribution is 2.11. The first-order valence-electron chi connectivity index (χ1n) is 3.72. The van der Waals surface area contributed by atoms with Crippen LogP contribution in [0.1, 0.15) is 13.8 Å². The van der Waals surface area contributed by atoms with Gasteiger partial charge in [-0.05, 0) is 13.8 Å². The van der Waals surface area contributed by atoms with Crippen molar-refractivity contribution in [3.05, 3.63) is 0 Å². The number of hydrogen-bond acceptors (Lipinski definition) is 4. The van der Waals surface area contributed by atoms with E-state index in [4.69, 9.17) is 4.74 Å². The largest absolute Gasteiger partial charge is 0.462 e. The lowest BCUT2D eigenvalue weighted by molar-refractivity contribution is -0.149. The van der Waals surface area contributed by atoms with E-state index in [2.05, 4.69) is 5.32 Å². The summed E-state index contributed by atoms with van der Waals surface area (Å²) in [6.07, 6.45) is -0.00472. The summed E-state index contributed by atoms with van der Waals surface area (Å²) in [6.45, 7) is 3.72. The van der Waals surface area contributed by atoms with Crippen molar-refractivity contribution in [2.24, 2.45) is 0 Å². The molecule has 0 spiro atoms. The van der Waals surface area contributed by atoms with Gasteiger partial charge in [-0.3, -0.25) is 10.1 Å². The van der Waals surface area contributed by atoms with E-state index >= 15 is 0 Å². The molecular weight excluding hydrogens is 162 g/mol. The van der Waals surface area contributed by atoms with Gasteiger partial charge in [0.05, 0.1) is 6.10 Å². The van der Waals surface area contributed by atoms with Crippen molar-refractivity contribution in [3.63, 3.8) is 0 Å². The maximum atomic E-state index is 11.2. The molecule has 1 N–H and O–H groups in total. The molecule has 0 amide bonds. The standard InChI is InChI=1S/C7H13NO2S/c1-5(2)10-7(9)6-3-11-4-8-6/h5-6,8H,3-4H2,1-2H3. The van der Waals surface area contributed by atoms with E-state index in [0.29, 0.717) is 0 Å². The predicted octanol–water partition coefficient (Wildman–Crippen LogP) is 0.600. The summed E-state index contributed by atoms with van der Waals surface area (Å²) in [5, 5.41) is 3.05. The lowest BCUT2D eigenvalue weighted by Crippen LogP contribution is -2.35. The zero-order valence-electron chi connectivity index (χ0n) is 6.79. The zero-order chi connectivity index (χ0) is 8.27. The molecule has 1 unspecified atom stereocenters. The fourth-order valence-corrected chi connectivity index (χ4v) is 1.79. The molecular formula is C7H13NO2S. The quantitative estimate of drug-likeness (QED) is 0.624. The molecule has 1 rings (SSSR count). The predicted molar refractivity (Wildman–Crippen MR) is 45.5 cm³/mol. The van der Waals surface area contributed by atoms with Crippen LogP contribution in [0.4, 0.5) is 0 Å². The SMILES string of the molecule is CC(C)OC(=O)C1CSCN1. The first kappa shape index (κ1) is 8.87. The van der Waals surface area contributed by atoms with E-state index in [1.54, 1.807) is 11.8 Å². The lowest BCUT2D eigenvalue weighted by Gasteiger charge is -2.11. The third kappa shape index (κ3) is 2.71. The Balaban J connectivity index is 2.28. The van der Waals surface area contributed by atoms with Crippen LogP contribution in [0.5, 0.6) is 0 Å². The third-order valence-corrected chi connectivity index (χ3v) is 2.29. The van der Waals surface area contributed by atoms with Gasteiger partial charge in [0.1, 0.15) is 6.04 Å². The van der Waals surface area contributed by atoms with E-state index in [-0.39, 0.29) is 18.1 Å². The van der Waals surface area contributed by atoms with Crippen LogP contribution >= 0.6 is 11.8 Å². The van der Waals surface area contributed by atoms with E-state index in [1.807, 2.05) is 13.8 Å². The first-order chi connectivity index (χ1) is 5.20. The second kappa shape index (κ2) is 3.97. The van der Waals surface area contributed by atoms with Gasteiger partial charge >= 0.3 is 5.97 Å². The summed E-state index contributed by atoms with van der Waals surface area (Å²) in [6, 6.07) is -0.0811. The summed E-state index contributed by atoms with van der Waals surface area (Å²) >= 11 is 1.73. The molecule has 1 heterocycles. The number of carbonyl (C=O) groups is 1. The number of ether oxygens (including phenoxy) is 1. The molecule has 0 aromatic heterocycles. The van der Waals surface area contributed by atoms with E-state index in [0.717, 1.165) is 11.6 Å². The van der Waals surface area contributed by atoms with Gasteiger partial charge in [0.25, 0.3) is 0 Å². The van der Waals surface area contributed by atoms with Crippen LogP contribution in [0.15, 0.2) is 0 Å². The van der Waals surface area contributed by atoms with Crippen molar-refractivity contribution >= 4 is 17.7 Å². The van der Waals surface area contributed by atoms with Crippen LogP contribution in [-0.2, 0) is 9.53 Å². The normalized spacial score (nSPS) is 24.1. The second-order valence-electron chi connectivity index (χ2n) is 2.76. The average molecular weight is 175 g/mol. The van der Waals surface area contributed by atoms with Crippen molar-refractivity contribution in [2.75, 3.05) is 11.6 Å². The molecule has 0 aromatic carbocycles. The number of thioether (sulfide) groups is 1. The van der Waals surface area contributed by atoms with Crippen LogP contribution in [-0.4, -0.2) is 29.7 Å². The topological polar surface area (TPSA) is 38.3 Å². The average Bonchev–Trinajstić information content (AvgIpc) is 2.35. The Bertz CT molecular complexity index is 143. The van der Waals surface area contributed by atoms with Crippen molar-refractivity contribution in [2.45, 2.75) is 26.0 Å². The first-order valence-corrected chi connectivity index (χ1v) is 4.87. The van der Waals surface area contributed by atoms with Crippen LogP contribution in [0, 0.1) is 0 Å². The molecule has 11 heavy (non-hydrogen) atoms. The summed E-state index contributed by atoms with van der Waals surface area (Å²) in [5.74, 6) is 1.58. The summed E-state index contributed by atoms with van der Waals surface area (Å²) in [7, 11) is 0. The minimum Gasteiger partial charge on any atom is -0.462 e. The fourth-order valence-electron chi connectivity index (χ4n) is 0.861. The van der Waals surface area contributed by atoms with Crippen LogP contribution in [0.25, 0.3) is 0 Å². The minimum absolute atomic E-state index is 0.00472.